The van der Waals surface area contributed by atoms with Gasteiger partial charge in [0.05, 0.1) is 13.3 Å². The maximum absolute atomic E-state index is 11.5. The first-order chi connectivity index (χ1) is 5.45. The Balaban J connectivity index is 3.47. The molecule has 0 aromatic rings. The van der Waals surface area contributed by atoms with Crippen molar-refractivity contribution >= 4 is 6.16 Å². The number of carbonyl (C=O) groups excluding carboxylic acids is 1. The van der Waals surface area contributed by atoms with Gasteiger partial charge in [0.15, 0.2) is 0 Å². The second kappa shape index (κ2) is 4.95. The number of carbonyl (C=O) groups is 1. The molecule has 72 valence electrons. The van der Waals surface area contributed by atoms with Crippen molar-refractivity contribution in [1.82, 2.24) is 0 Å². The Kier molecular flexibility index (Phi) is 4.62. The summed E-state index contributed by atoms with van der Waals surface area (Å²) in [5.74, 6) is 0. The minimum Gasteiger partial charge on any atom is -0.434 e. The van der Waals surface area contributed by atoms with Crippen LogP contribution in [0.2, 0.25) is 0 Å². The van der Waals surface area contributed by atoms with Crippen LogP contribution in [0.25, 0.3) is 0 Å². The molecule has 0 amide bonds. The van der Waals surface area contributed by atoms with Gasteiger partial charge < -0.3 is 9.47 Å². The molecule has 0 bridgehead atoms. The molecule has 0 atom stereocenters. The fourth-order valence-corrected chi connectivity index (χ4v) is 0.490. The molecule has 0 saturated heterocycles. The largest absolute Gasteiger partial charge is 0.508 e. The fraction of sp³-hybridized carbons (Fsp3) is 0.875. The van der Waals surface area contributed by atoms with Crippen LogP contribution in [0.4, 0.5) is 9.18 Å². The Bertz CT molecular complexity index is 140. The summed E-state index contributed by atoms with van der Waals surface area (Å²) in [6.07, 6.45) is -0.518. The van der Waals surface area contributed by atoms with Crippen LogP contribution in [-0.4, -0.2) is 25.0 Å². The van der Waals surface area contributed by atoms with Crippen molar-refractivity contribution in [2.75, 3.05) is 13.3 Å². The summed E-state index contributed by atoms with van der Waals surface area (Å²) >= 11 is 0. The molecule has 0 N–H and O–H groups in total. The van der Waals surface area contributed by atoms with E-state index in [1.54, 1.807) is 20.8 Å². The molecule has 0 saturated carbocycles. The zero-order valence-corrected chi connectivity index (χ0v) is 7.72. The first kappa shape index (κ1) is 11.2. The van der Waals surface area contributed by atoms with Crippen LogP contribution in [-0.2, 0) is 9.47 Å². The first-order valence-electron chi connectivity index (χ1n) is 3.87. The van der Waals surface area contributed by atoms with Gasteiger partial charge in [0.25, 0.3) is 0 Å². The molecule has 0 aliphatic heterocycles. The molecule has 0 unspecified atom stereocenters. The topological polar surface area (TPSA) is 35.5 Å². The van der Waals surface area contributed by atoms with E-state index in [-0.39, 0.29) is 13.0 Å². The second-order valence-corrected chi connectivity index (χ2v) is 3.36. The molecular formula is C8H15FO3. The van der Waals surface area contributed by atoms with Crippen molar-refractivity contribution in [3.05, 3.63) is 0 Å². The summed E-state index contributed by atoms with van der Waals surface area (Å²) in [5.41, 5.74) is -0.549. The summed E-state index contributed by atoms with van der Waals surface area (Å²) in [4.78, 5) is 10.8. The smallest absolute Gasteiger partial charge is 0.434 e. The monoisotopic (exact) mass is 178 g/mol. The molecule has 0 aromatic heterocycles. The number of hydrogen-bond donors (Lipinski definition) is 0. The van der Waals surface area contributed by atoms with Crippen molar-refractivity contribution in [3.63, 3.8) is 0 Å². The third-order valence-corrected chi connectivity index (χ3v) is 0.887. The van der Waals surface area contributed by atoms with Crippen LogP contribution >= 0.6 is 0 Å². The minimum atomic E-state index is -0.740. The van der Waals surface area contributed by atoms with Crippen molar-refractivity contribution in [2.45, 2.75) is 32.8 Å². The second-order valence-electron chi connectivity index (χ2n) is 3.36. The quantitative estimate of drug-likeness (QED) is 0.491. The Morgan fingerprint density at radius 1 is 1.42 bits per heavy atom. The Morgan fingerprint density at radius 2 is 2.00 bits per heavy atom. The molecule has 0 fully saturated rings. The van der Waals surface area contributed by atoms with Crippen molar-refractivity contribution in [1.29, 1.82) is 0 Å². The van der Waals surface area contributed by atoms with Gasteiger partial charge in [-0.2, -0.15) is 0 Å². The number of ether oxygens (including phenoxy) is 2. The van der Waals surface area contributed by atoms with Crippen LogP contribution in [0, 0.1) is 0 Å². The minimum absolute atomic E-state index is 0.0748. The molecule has 12 heavy (non-hydrogen) atoms. The van der Waals surface area contributed by atoms with Gasteiger partial charge in [-0.25, -0.2) is 4.79 Å². The van der Waals surface area contributed by atoms with Crippen LogP contribution in [0.15, 0.2) is 0 Å². The zero-order valence-electron chi connectivity index (χ0n) is 7.72. The van der Waals surface area contributed by atoms with Gasteiger partial charge in [-0.05, 0) is 20.8 Å². The molecule has 0 heterocycles. The maximum atomic E-state index is 11.5. The highest BCUT2D eigenvalue weighted by atomic mass is 19.1. The van der Waals surface area contributed by atoms with E-state index in [1.165, 1.54) is 0 Å². The van der Waals surface area contributed by atoms with E-state index in [9.17, 15) is 9.18 Å². The van der Waals surface area contributed by atoms with E-state index in [1.807, 2.05) is 0 Å². The molecule has 0 radical (unpaired) electrons. The van der Waals surface area contributed by atoms with Crippen LogP contribution in [0.1, 0.15) is 27.2 Å². The van der Waals surface area contributed by atoms with Gasteiger partial charge in [-0.15, -0.1) is 0 Å². The highest BCUT2D eigenvalue weighted by Gasteiger charge is 2.16. The molecule has 4 heteroatoms. The Labute approximate surface area is 71.8 Å². The van der Waals surface area contributed by atoms with Crippen LogP contribution in [0.3, 0.4) is 0 Å². The molecule has 0 rings (SSSR count). The number of rotatable bonds is 3. The number of hydrogen-bond acceptors (Lipinski definition) is 3. The first-order valence-corrected chi connectivity index (χ1v) is 3.87. The van der Waals surface area contributed by atoms with Gasteiger partial charge in [0, 0.05) is 6.42 Å². The van der Waals surface area contributed by atoms with Gasteiger partial charge in [-0.1, -0.05) is 0 Å². The highest BCUT2D eigenvalue weighted by molar-refractivity contribution is 5.60. The van der Waals surface area contributed by atoms with Crippen LogP contribution < -0.4 is 0 Å². The third-order valence-electron chi connectivity index (χ3n) is 0.887. The van der Waals surface area contributed by atoms with Gasteiger partial charge in [0.2, 0.25) is 0 Å². The fourth-order valence-electron chi connectivity index (χ4n) is 0.490. The van der Waals surface area contributed by atoms with Crippen molar-refractivity contribution in [2.24, 2.45) is 0 Å². The average molecular weight is 178 g/mol. The molecule has 0 aromatic carbocycles. The summed E-state index contributed by atoms with van der Waals surface area (Å²) in [6.45, 7) is 4.81. The summed E-state index contributed by atoms with van der Waals surface area (Å²) < 4.78 is 20.9. The summed E-state index contributed by atoms with van der Waals surface area (Å²) in [6, 6.07) is 0. The number of halogens is 1. The number of alkyl halides is 1. The van der Waals surface area contributed by atoms with E-state index in [2.05, 4.69) is 4.74 Å². The predicted octanol–water partition coefficient (Wildman–Crippen LogP) is 2.30. The molecular weight excluding hydrogens is 163 g/mol. The predicted molar refractivity (Wildman–Crippen MR) is 42.8 cm³/mol. The Morgan fingerprint density at radius 3 is 2.42 bits per heavy atom. The van der Waals surface area contributed by atoms with Gasteiger partial charge in [-0.3, -0.25) is 4.39 Å². The zero-order chi connectivity index (χ0) is 9.61. The van der Waals surface area contributed by atoms with E-state index in [4.69, 9.17) is 4.74 Å². The van der Waals surface area contributed by atoms with E-state index in [0.717, 1.165) is 0 Å². The van der Waals surface area contributed by atoms with Gasteiger partial charge in [0.1, 0.15) is 5.60 Å². The SMILES string of the molecule is CC(C)(C)OC(=O)OCCCF. The molecule has 0 spiro atoms. The lowest BCUT2D eigenvalue weighted by Gasteiger charge is -2.18. The van der Waals surface area contributed by atoms with Crippen molar-refractivity contribution in [3.8, 4) is 0 Å². The van der Waals surface area contributed by atoms with Gasteiger partial charge >= 0.3 is 6.16 Å². The van der Waals surface area contributed by atoms with Crippen LogP contribution in [0.5, 0.6) is 0 Å². The van der Waals surface area contributed by atoms with Crippen molar-refractivity contribution < 1.29 is 18.7 Å². The summed E-state index contributed by atoms with van der Waals surface area (Å²) in [5, 5.41) is 0. The lowest BCUT2D eigenvalue weighted by Crippen LogP contribution is -2.24. The molecule has 0 aliphatic carbocycles. The Hall–Kier alpha value is -0.800. The molecule has 0 aliphatic rings. The normalized spacial score (nSPS) is 11.0. The highest BCUT2D eigenvalue weighted by Crippen LogP contribution is 2.07. The average Bonchev–Trinajstić information content (AvgIpc) is 1.84. The molecule has 3 nitrogen and oxygen atoms in total. The lowest BCUT2D eigenvalue weighted by molar-refractivity contribution is -0.00794. The summed E-state index contributed by atoms with van der Waals surface area (Å²) in [7, 11) is 0. The van der Waals surface area contributed by atoms with E-state index >= 15 is 0 Å². The standard InChI is InChI=1S/C8H15FO3/c1-8(2,3)12-7(10)11-6-4-5-9/h4-6H2,1-3H3. The van der Waals surface area contributed by atoms with E-state index in [0.29, 0.717) is 0 Å². The maximum Gasteiger partial charge on any atom is 0.508 e. The third kappa shape index (κ3) is 7.31. The lowest BCUT2D eigenvalue weighted by atomic mass is 10.2. The van der Waals surface area contributed by atoms with E-state index < -0.39 is 18.4 Å².